The topological polar surface area (TPSA) is 54.9 Å². The minimum atomic E-state index is -0.383. The summed E-state index contributed by atoms with van der Waals surface area (Å²) in [5, 5.41) is 4.78. The minimum absolute atomic E-state index is 0.181. The predicted molar refractivity (Wildman–Crippen MR) is 127 cm³/mol. The Balaban J connectivity index is 1.52. The summed E-state index contributed by atoms with van der Waals surface area (Å²) < 4.78 is 27.2. The molecule has 0 spiro atoms. The fraction of sp³-hybridized carbons (Fsp3) is 0.0800. The van der Waals surface area contributed by atoms with Gasteiger partial charge in [0.2, 0.25) is 0 Å². The van der Waals surface area contributed by atoms with Gasteiger partial charge in [0, 0.05) is 46.1 Å². The molecule has 0 radical (unpaired) electrons. The van der Waals surface area contributed by atoms with E-state index in [9.17, 15) is 13.6 Å². The number of hydrogen-bond donors (Lipinski definition) is 1. The van der Waals surface area contributed by atoms with Crippen LogP contribution in [0.25, 0.3) is 34.0 Å². The van der Waals surface area contributed by atoms with E-state index in [0.717, 1.165) is 0 Å². The first-order valence-corrected chi connectivity index (χ1v) is 10.8. The first-order chi connectivity index (χ1) is 15.9. The van der Waals surface area contributed by atoms with Crippen molar-refractivity contribution in [2.24, 2.45) is 0 Å². The average molecular weight is 482 g/mol. The summed E-state index contributed by atoms with van der Waals surface area (Å²) in [6, 6.07) is 11.9. The SMILES string of the molecule is O=C1/C(=C/c2cc3cc(F)ccc3nc2Cl)CNC/C1=C\c1cc2cc(F)ccc2nc1Cl. The molecule has 0 saturated carbocycles. The van der Waals surface area contributed by atoms with Crippen LogP contribution in [0.5, 0.6) is 0 Å². The fourth-order valence-corrected chi connectivity index (χ4v) is 4.19. The van der Waals surface area contributed by atoms with Crippen LogP contribution in [0.4, 0.5) is 8.78 Å². The zero-order chi connectivity index (χ0) is 23.1. The van der Waals surface area contributed by atoms with Gasteiger partial charge in [-0.05, 0) is 60.7 Å². The van der Waals surface area contributed by atoms with Gasteiger partial charge in [-0.25, -0.2) is 18.7 Å². The van der Waals surface area contributed by atoms with E-state index in [4.69, 9.17) is 23.2 Å². The molecule has 8 heteroatoms. The number of Topliss-reactive ketones (excluding diaryl/α,β-unsaturated/α-hetero) is 1. The maximum absolute atomic E-state index is 13.6. The highest BCUT2D eigenvalue weighted by molar-refractivity contribution is 6.32. The Kier molecular flexibility index (Phi) is 5.66. The first-order valence-electron chi connectivity index (χ1n) is 10.1. The molecule has 2 aromatic carbocycles. The van der Waals surface area contributed by atoms with Gasteiger partial charge in [-0.15, -0.1) is 0 Å². The smallest absolute Gasteiger partial charge is 0.187 e. The Labute approximate surface area is 197 Å². The lowest BCUT2D eigenvalue weighted by Gasteiger charge is -2.18. The number of carbonyl (C=O) groups is 1. The van der Waals surface area contributed by atoms with E-state index in [-0.39, 0.29) is 27.7 Å². The molecule has 1 fully saturated rings. The van der Waals surface area contributed by atoms with Gasteiger partial charge >= 0.3 is 0 Å². The lowest BCUT2D eigenvalue weighted by molar-refractivity contribution is -0.112. The zero-order valence-electron chi connectivity index (χ0n) is 17.0. The third-order valence-electron chi connectivity index (χ3n) is 5.39. The van der Waals surface area contributed by atoms with Crippen molar-refractivity contribution in [2.45, 2.75) is 0 Å². The van der Waals surface area contributed by atoms with E-state index in [1.54, 1.807) is 36.4 Å². The second-order valence-corrected chi connectivity index (χ2v) is 8.40. The van der Waals surface area contributed by atoms with E-state index in [2.05, 4.69) is 15.3 Å². The standard InChI is InChI=1S/C25H15Cl2F2N3O/c26-24-15(5-13-9-19(28)1-3-21(13)31-24)7-17-11-30-12-18(23(17)33)8-16-6-14-10-20(29)2-4-22(14)32-25(16)27/h1-10,30H,11-12H2/b17-7+,18-8+. The van der Waals surface area contributed by atoms with Crippen LogP contribution >= 0.6 is 23.2 Å². The summed E-state index contributed by atoms with van der Waals surface area (Å²) >= 11 is 12.6. The number of halogens is 4. The minimum Gasteiger partial charge on any atom is -0.308 e. The Morgan fingerprint density at radius 2 is 1.21 bits per heavy atom. The third kappa shape index (κ3) is 4.37. The highest BCUT2D eigenvalue weighted by atomic mass is 35.5. The zero-order valence-corrected chi connectivity index (χ0v) is 18.5. The molecular weight excluding hydrogens is 467 g/mol. The van der Waals surface area contributed by atoms with Crippen LogP contribution in [-0.2, 0) is 4.79 Å². The van der Waals surface area contributed by atoms with Gasteiger partial charge in [0.1, 0.15) is 21.9 Å². The molecule has 1 aliphatic heterocycles. The molecular formula is C25H15Cl2F2N3O. The van der Waals surface area contributed by atoms with Gasteiger partial charge in [-0.2, -0.15) is 0 Å². The monoisotopic (exact) mass is 481 g/mol. The molecule has 1 aliphatic rings. The Morgan fingerprint density at radius 1 is 0.758 bits per heavy atom. The fourth-order valence-electron chi connectivity index (χ4n) is 3.79. The average Bonchev–Trinajstić information content (AvgIpc) is 2.78. The number of ketones is 1. The molecule has 0 bridgehead atoms. The summed E-state index contributed by atoms with van der Waals surface area (Å²) in [5.74, 6) is -0.947. The number of carbonyl (C=O) groups excluding carboxylic acids is 1. The van der Waals surface area contributed by atoms with Crippen LogP contribution in [0, 0.1) is 11.6 Å². The maximum Gasteiger partial charge on any atom is 0.187 e. The van der Waals surface area contributed by atoms with Crippen LogP contribution in [0.2, 0.25) is 10.3 Å². The van der Waals surface area contributed by atoms with Crippen molar-refractivity contribution in [3.8, 4) is 0 Å². The molecule has 0 unspecified atom stereocenters. The molecule has 2 aromatic heterocycles. The molecule has 0 aliphatic carbocycles. The molecule has 0 atom stereocenters. The number of benzene rings is 2. The van der Waals surface area contributed by atoms with Gasteiger partial charge < -0.3 is 5.32 Å². The number of aromatic nitrogens is 2. The van der Waals surface area contributed by atoms with E-state index < -0.39 is 0 Å². The number of rotatable bonds is 2. The van der Waals surface area contributed by atoms with Crippen molar-refractivity contribution in [3.63, 3.8) is 0 Å². The third-order valence-corrected chi connectivity index (χ3v) is 5.99. The second-order valence-electron chi connectivity index (χ2n) is 7.68. The molecule has 4 aromatic rings. The van der Waals surface area contributed by atoms with E-state index in [0.29, 0.717) is 57.2 Å². The summed E-state index contributed by atoms with van der Waals surface area (Å²) in [6.07, 6.45) is 3.30. The molecule has 1 saturated heterocycles. The second kappa shape index (κ2) is 8.63. The lowest BCUT2D eigenvalue weighted by atomic mass is 9.95. The summed E-state index contributed by atoms with van der Waals surface area (Å²) in [5.41, 5.74) is 3.11. The maximum atomic E-state index is 13.6. The number of pyridine rings is 2. The van der Waals surface area contributed by atoms with Crippen molar-refractivity contribution in [1.82, 2.24) is 15.3 Å². The first kappa shape index (κ1) is 21.6. The Morgan fingerprint density at radius 3 is 1.67 bits per heavy atom. The Hall–Kier alpha value is -3.19. The lowest BCUT2D eigenvalue weighted by Crippen LogP contribution is -2.32. The molecule has 4 nitrogen and oxygen atoms in total. The van der Waals surface area contributed by atoms with Gasteiger partial charge in [0.05, 0.1) is 11.0 Å². The molecule has 33 heavy (non-hydrogen) atoms. The van der Waals surface area contributed by atoms with Crippen LogP contribution < -0.4 is 5.32 Å². The largest absolute Gasteiger partial charge is 0.308 e. The predicted octanol–water partition coefficient (Wildman–Crippen LogP) is 6.01. The number of nitrogens with zero attached hydrogens (tertiary/aromatic N) is 2. The quantitative estimate of drug-likeness (QED) is 0.281. The van der Waals surface area contributed by atoms with Crippen molar-refractivity contribution in [2.75, 3.05) is 13.1 Å². The van der Waals surface area contributed by atoms with Gasteiger partial charge in [0.15, 0.2) is 5.78 Å². The van der Waals surface area contributed by atoms with Crippen LogP contribution in [-0.4, -0.2) is 28.8 Å². The van der Waals surface area contributed by atoms with Crippen LogP contribution in [0.1, 0.15) is 11.1 Å². The summed E-state index contributed by atoms with van der Waals surface area (Å²) in [6.45, 7) is 0.672. The van der Waals surface area contributed by atoms with Crippen molar-refractivity contribution in [1.29, 1.82) is 0 Å². The van der Waals surface area contributed by atoms with Crippen molar-refractivity contribution in [3.05, 3.63) is 92.7 Å². The Bertz CT molecular complexity index is 1400. The van der Waals surface area contributed by atoms with Crippen molar-refractivity contribution < 1.29 is 13.6 Å². The number of piperidine rings is 1. The van der Waals surface area contributed by atoms with Gasteiger partial charge in [0.25, 0.3) is 0 Å². The molecule has 3 heterocycles. The van der Waals surface area contributed by atoms with Crippen LogP contribution in [0.3, 0.4) is 0 Å². The van der Waals surface area contributed by atoms with E-state index >= 15 is 0 Å². The highest BCUT2D eigenvalue weighted by Gasteiger charge is 2.21. The number of fused-ring (bicyclic) bond motifs is 2. The van der Waals surface area contributed by atoms with Crippen molar-refractivity contribution >= 4 is 62.9 Å². The molecule has 5 rings (SSSR count). The van der Waals surface area contributed by atoms with Crippen LogP contribution in [0.15, 0.2) is 59.7 Å². The molecule has 1 N–H and O–H groups in total. The number of nitrogens with one attached hydrogen (secondary N) is 1. The molecule has 164 valence electrons. The van der Waals surface area contributed by atoms with E-state index in [1.807, 2.05) is 0 Å². The number of hydrogen-bond acceptors (Lipinski definition) is 4. The van der Waals surface area contributed by atoms with E-state index in [1.165, 1.54) is 24.3 Å². The summed E-state index contributed by atoms with van der Waals surface area (Å²) in [7, 11) is 0. The normalized spacial score (nSPS) is 16.9. The highest BCUT2D eigenvalue weighted by Crippen LogP contribution is 2.27. The van der Waals surface area contributed by atoms with Gasteiger partial charge in [-0.3, -0.25) is 4.79 Å². The molecule has 0 amide bonds. The summed E-state index contributed by atoms with van der Waals surface area (Å²) in [4.78, 5) is 21.8. The van der Waals surface area contributed by atoms with Gasteiger partial charge in [-0.1, -0.05) is 23.2 Å².